The number of aromatic nitrogens is 1. The molecule has 1 aliphatic heterocycles. The normalized spacial score (nSPS) is 12.8. The summed E-state index contributed by atoms with van der Waals surface area (Å²) in [5, 5.41) is -5.73. The minimum Gasteiger partial charge on any atom is -0.497 e. The maximum absolute atomic E-state index is 14.8. The zero-order chi connectivity index (χ0) is 94.7. The summed E-state index contributed by atoms with van der Waals surface area (Å²) >= 11 is 19.4. The highest BCUT2D eigenvalue weighted by Gasteiger charge is 2.61. The van der Waals surface area contributed by atoms with Gasteiger partial charge >= 0.3 is 29.5 Å². The largest absolute Gasteiger partial charge is 0.497 e. The fourth-order valence-corrected chi connectivity index (χ4v) is 30.0. The fourth-order valence-electron chi connectivity index (χ4n) is 17.3. The Morgan fingerprint density at radius 3 is 0.835 bits per heavy atom. The van der Waals surface area contributed by atoms with Crippen LogP contribution < -0.4 is 18.9 Å². The van der Waals surface area contributed by atoms with Crippen LogP contribution in [0.15, 0.2) is 419 Å². The lowest BCUT2D eigenvalue weighted by Gasteiger charge is -2.43. The molecular formula is C108H103Cl3NO16P5. The molecule has 16 rings (SSSR count). The molecule has 15 aromatic rings. The van der Waals surface area contributed by atoms with E-state index >= 15 is 0 Å². The number of pyridine rings is 1. The quantitative estimate of drug-likeness (QED) is 0.0225. The summed E-state index contributed by atoms with van der Waals surface area (Å²) in [7, 11) is -0.556. The topological polar surface area (TPSA) is 200 Å². The Morgan fingerprint density at radius 1 is 0.308 bits per heavy atom. The molecule has 17 nitrogen and oxygen atoms in total. The predicted octanol–water partition coefficient (Wildman–Crippen LogP) is 29.4. The van der Waals surface area contributed by atoms with Crippen molar-refractivity contribution in [3.63, 3.8) is 0 Å². The van der Waals surface area contributed by atoms with Crippen LogP contribution in [0.3, 0.4) is 0 Å². The number of hydrogen-bond acceptors (Lipinski definition) is 17. The van der Waals surface area contributed by atoms with Gasteiger partial charge in [0.05, 0.1) is 34.5 Å². The van der Waals surface area contributed by atoms with E-state index in [-0.39, 0.29) is 19.8 Å². The third-order valence-corrected chi connectivity index (χ3v) is 37.1. The van der Waals surface area contributed by atoms with Crippen LogP contribution in [0.1, 0.15) is 97.3 Å². The van der Waals surface area contributed by atoms with E-state index in [1.165, 1.54) is 28.4 Å². The number of halogens is 3. The van der Waals surface area contributed by atoms with E-state index in [1.54, 1.807) is 33.7 Å². The molecule has 1 unspecified atom stereocenters. The van der Waals surface area contributed by atoms with Crippen LogP contribution in [-0.2, 0) is 80.3 Å². The molecule has 0 N–H and O–H groups in total. The lowest BCUT2D eigenvalue weighted by Crippen LogP contribution is -2.34. The van der Waals surface area contributed by atoms with Crippen molar-refractivity contribution in [3.05, 3.63) is 502 Å². The first-order valence-corrected chi connectivity index (χ1v) is 53.1. The van der Waals surface area contributed by atoms with E-state index in [4.69, 9.17) is 90.8 Å². The Hall–Kier alpha value is -11.3. The summed E-state index contributed by atoms with van der Waals surface area (Å²) in [6, 6.07) is 128. The van der Waals surface area contributed by atoms with Crippen molar-refractivity contribution in [2.45, 2.75) is 39.6 Å². The molecule has 0 aliphatic carbocycles. The second-order valence-electron chi connectivity index (χ2n) is 29.8. The number of benzene rings is 14. The number of terminal acetylenes is 1. The lowest BCUT2D eigenvalue weighted by molar-refractivity contribution is 0.206. The number of ether oxygens (including phenoxy) is 4. The van der Waals surface area contributed by atoms with Crippen LogP contribution in [-0.4, -0.2) is 74.6 Å². The minimum absolute atomic E-state index is 0.130. The van der Waals surface area contributed by atoms with Crippen LogP contribution in [0.2, 0.25) is 0 Å². The standard InChI is InChI=1S/C26H31O6P.C22H18ClO2P.C21H19O4P.C20H20NO3P.C19H15Cl2OP/c1-6-31-33(27,32-7-2)26(20-8-14-23(28-3)15-9-20,21-10-16-24(29-4)17-11-21)22-12-18-25(30-5)19-13-22;1-2-18-25-26(23,24)22(19-12-6-3-7-13-19,20-14-8-4-9-15-20)21-16-10-5-11-17-21;1-23-26(22,24-2)21(16-10-4-3-5-11-16)17-12-6-8-14-19(17)25-20-15-9-7-13-18(20)21;1-23-25(22,24-2)20(17-9-5-3-6-10-17,18-11-7-4-8-12-18)19-13-15-21-16-14-19;20-23(21,22)19(16-10-4-1-5-11-16,17-12-6-2-7-13-17)18-14-8-3-9-15-18/h8-19H,6-7H2,1-5H3;1,3-17H,18H2;3-15H,1-2H3;3-16H,1-2H3;1-15H. The van der Waals surface area contributed by atoms with Crippen molar-refractivity contribution in [2.75, 3.05) is 69.6 Å². The van der Waals surface area contributed by atoms with Gasteiger partial charge in [0.15, 0.2) is 5.16 Å². The smallest absolute Gasteiger partial charge is 0.349 e. The fraction of sp³-hybridized carbons (Fsp3) is 0.157. The molecular weight excluding hydrogens is 1830 g/mol. The summed E-state index contributed by atoms with van der Waals surface area (Å²) < 4.78 is 132. The van der Waals surface area contributed by atoms with Gasteiger partial charge in [0, 0.05) is 52.0 Å². The molecule has 0 saturated heterocycles. The number of nitrogens with zero attached hydrogens (tertiary/aromatic N) is 1. The Morgan fingerprint density at radius 2 is 0.564 bits per heavy atom. The van der Waals surface area contributed by atoms with Gasteiger partial charge in [-0.2, -0.15) is 0 Å². The third kappa shape index (κ3) is 20.1. The van der Waals surface area contributed by atoms with E-state index in [0.717, 1.165) is 83.5 Å². The lowest BCUT2D eigenvalue weighted by atomic mass is 9.81. The maximum Gasteiger partial charge on any atom is 0.349 e. The second-order valence-corrected chi connectivity index (χ2v) is 45.0. The highest BCUT2D eigenvalue weighted by atomic mass is 35.9. The zero-order valence-electron chi connectivity index (χ0n) is 74.9. The highest BCUT2D eigenvalue weighted by Crippen LogP contribution is 2.78. The summed E-state index contributed by atoms with van der Waals surface area (Å²) in [5.74, 6) is 2.11. The summed E-state index contributed by atoms with van der Waals surface area (Å²) in [5.41, 5.74) is 11.9. The van der Waals surface area contributed by atoms with Gasteiger partial charge in [-0.3, -0.25) is 27.8 Å². The molecule has 0 saturated carbocycles. The summed E-state index contributed by atoms with van der Waals surface area (Å²) in [6.45, 7) is 0.155. The van der Waals surface area contributed by atoms with Crippen LogP contribution in [0.4, 0.5) is 0 Å². The Kier molecular flexibility index (Phi) is 34.9. The van der Waals surface area contributed by atoms with Gasteiger partial charge < -0.3 is 50.6 Å². The number of rotatable bonds is 31. The Labute approximate surface area is 794 Å². The summed E-state index contributed by atoms with van der Waals surface area (Å²) in [6.07, 6.45) is 8.71. The molecule has 1 atom stereocenters. The van der Waals surface area contributed by atoms with Gasteiger partial charge in [0.1, 0.15) is 56.0 Å². The summed E-state index contributed by atoms with van der Waals surface area (Å²) in [4.78, 5) is 4.11. The van der Waals surface area contributed by atoms with Crippen molar-refractivity contribution in [1.82, 2.24) is 4.98 Å². The average molecular weight is 1930 g/mol. The number of hydrogen-bond donors (Lipinski definition) is 0. The van der Waals surface area contributed by atoms with Gasteiger partial charge in [0.25, 0.3) is 5.85 Å². The molecule has 0 bridgehead atoms. The third-order valence-electron chi connectivity index (χ3n) is 23.0. The maximum atomic E-state index is 14.8. The van der Waals surface area contributed by atoms with E-state index in [9.17, 15) is 22.8 Å². The SMILES string of the molecule is C#CCOP(=O)(Cl)C(c1ccccc1)(c1ccccc1)c1ccccc1.CCOP(=O)(OCC)C(c1ccc(OC)cc1)(c1ccc(OC)cc1)c1ccc(OC)cc1.COP(=O)(OC)C(c1ccccc1)(c1ccccc1)c1ccncc1.COP(=O)(OC)C1(c2ccccc2)c2ccccc2Oc2ccccc21.O=P(Cl)(Cl)C(c1ccccc1)(c1ccccc1)c1ccccc1. The molecule has 133 heavy (non-hydrogen) atoms. The highest BCUT2D eigenvalue weighted by molar-refractivity contribution is 8.09. The van der Waals surface area contributed by atoms with Crippen LogP contribution in [0.25, 0.3) is 0 Å². The molecule has 14 aromatic carbocycles. The Balaban J connectivity index is 0.000000151. The van der Waals surface area contributed by atoms with Crippen molar-refractivity contribution in [2.24, 2.45) is 0 Å². The molecule has 1 aromatic heterocycles. The van der Waals surface area contributed by atoms with E-state index in [2.05, 4.69) is 10.9 Å². The monoisotopic (exact) mass is 1930 g/mol. The average Bonchev–Trinajstić information content (AvgIpc) is 0.694. The number of fused-ring (bicyclic) bond motifs is 2. The van der Waals surface area contributed by atoms with Crippen LogP contribution >= 0.6 is 69.1 Å². The molecule has 1 aliphatic rings. The van der Waals surface area contributed by atoms with E-state index in [1.807, 2.05) is 420 Å². The second kappa shape index (κ2) is 46.1. The van der Waals surface area contributed by atoms with Gasteiger partial charge in [-0.05, 0) is 181 Å². The van der Waals surface area contributed by atoms with Gasteiger partial charge in [-0.25, -0.2) is 0 Å². The van der Waals surface area contributed by atoms with Crippen molar-refractivity contribution < 1.29 is 73.4 Å². The van der Waals surface area contributed by atoms with Crippen LogP contribution in [0, 0.1) is 12.3 Å². The molecule has 682 valence electrons. The van der Waals surface area contributed by atoms with Gasteiger partial charge in [-0.1, -0.05) is 352 Å². The first kappa shape index (κ1) is 101. The number of para-hydroxylation sites is 2. The zero-order valence-corrected chi connectivity index (χ0v) is 81.6. The van der Waals surface area contributed by atoms with Gasteiger partial charge in [0.2, 0.25) is 0 Å². The molecule has 2 heterocycles. The van der Waals surface area contributed by atoms with E-state index < -0.39 is 61.1 Å². The molecule has 0 spiro atoms. The molecule has 0 fully saturated rings. The first-order chi connectivity index (χ1) is 64.5. The van der Waals surface area contributed by atoms with Crippen LogP contribution in [0.5, 0.6) is 28.7 Å². The van der Waals surface area contributed by atoms with E-state index in [0.29, 0.717) is 28.7 Å². The van der Waals surface area contributed by atoms with Crippen molar-refractivity contribution in [1.29, 1.82) is 0 Å². The first-order valence-electron chi connectivity index (χ1n) is 42.4. The minimum atomic E-state index is -3.82. The van der Waals surface area contributed by atoms with Crippen molar-refractivity contribution in [3.8, 4) is 41.1 Å². The molecule has 25 heteroatoms. The Bertz CT molecular complexity index is 6020. The molecule has 0 amide bonds. The number of methoxy groups -OCH3 is 3. The molecule has 0 radical (unpaired) electrons. The van der Waals surface area contributed by atoms with Crippen molar-refractivity contribution >= 4 is 69.1 Å². The predicted molar refractivity (Wildman–Crippen MR) is 535 cm³/mol. The van der Waals surface area contributed by atoms with Gasteiger partial charge in [-0.15, -0.1) is 6.42 Å².